The van der Waals surface area contributed by atoms with Crippen LogP contribution in [0, 0.1) is 10.1 Å². The summed E-state index contributed by atoms with van der Waals surface area (Å²) >= 11 is 0. The van der Waals surface area contributed by atoms with Gasteiger partial charge in [-0.3, -0.25) is 14.9 Å². The summed E-state index contributed by atoms with van der Waals surface area (Å²) in [5.74, 6) is -1.38. The van der Waals surface area contributed by atoms with Crippen LogP contribution in [0.3, 0.4) is 0 Å². The van der Waals surface area contributed by atoms with E-state index in [1.165, 1.54) is 19.1 Å². The van der Waals surface area contributed by atoms with Crippen LogP contribution in [0.1, 0.15) is 28.4 Å². The second-order valence-electron chi connectivity index (χ2n) is 5.14. The number of nitro benzene ring substituents is 1. The molecule has 0 aliphatic carbocycles. The number of benzene rings is 2. The Balaban J connectivity index is 2.18. The molecule has 0 bridgehead atoms. The maximum absolute atomic E-state index is 12.5. The number of nitro groups is 1. The highest BCUT2D eigenvalue weighted by atomic mass is 19.4. The number of alkyl halides is 3. The first-order valence-corrected chi connectivity index (χ1v) is 7.10. The van der Waals surface area contributed by atoms with Gasteiger partial charge in [0.15, 0.2) is 0 Å². The lowest BCUT2D eigenvalue weighted by Crippen LogP contribution is -2.19. The van der Waals surface area contributed by atoms with Crippen molar-refractivity contribution in [2.24, 2.45) is 5.10 Å². The summed E-state index contributed by atoms with van der Waals surface area (Å²) in [5, 5.41) is 24.4. The van der Waals surface area contributed by atoms with E-state index in [4.69, 9.17) is 0 Å². The zero-order chi connectivity index (χ0) is 19.5. The first kappa shape index (κ1) is 18.9. The van der Waals surface area contributed by atoms with Crippen molar-refractivity contribution in [2.45, 2.75) is 13.1 Å². The molecule has 0 aliphatic heterocycles. The number of phenols is 1. The standard InChI is InChI=1S/C16H12F3N3O4/c1-9(12-3-2-4-13(14(12)23)22(25)26)20-21-15(24)10-5-7-11(8-6-10)16(17,18)19/h2-8,23H,1H3,(H,21,24)/b20-9+. The van der Waals surface area contributed by atoms with Gasteiger partial charge in [0.25, 0.3) is 5.91 Å². The Morgan fingerprint density at radius 1 is 1.19 bits per heavy atom. The number of hydrogen-bond donors (Lipinski definition) is 2. The number of nitrogens with zero attached hydrogens (tertiary/aromatic N) is 2. The molecule has 2 N–H and O–H groups in total. The second-order valence-corrected chi connectivity index (χ2v) is 5.14. The number of nitrogens with one attached hydrogen (secondary N) is 1. The van der Waals surface area contributed by atoms with Crippen LogP contribution in [0.25, 0.3) is 0 Å². The van der Waals surface area contributed by atoms with Gasteiger partial charge in [0, 0.05) is 17.2 Å². The highest BCUT2D eigenvalue weighted by Crippen LogP contribution is 2.30. The average Bonchev–Trinajstić information content (AvgIpc) is 2.58. The predicted octanol–water partition coefficient (Wildman–Crippen LogP) is 3.47. The average molecular weight is 367 g/mol. The summed E-state index contributed by atoms with van der Waals surface area (Å²) in [6.45, 7) is 1.39. The van der Waals surface area contributed by atoms with Crippen LogP contribution in [0.4, 0.5) is 18.9 Å². The van der Waals surface area contributed by atoms with Gasteiger partial charge >= 0.3 is 11.9 Å². The zero-order valence-corrected chi connectivity index (χ0v) is 13.2. The van der Waals surface area contributed by atoms with Gasteiger partial charge in [0.2, 0.25) is 5.75 Å². The number of halogens is 3. The molecular weight excluding hydrogens is 355 g/mol. The molecule has 0 saturated heterocycles. The minimum atomic E-state index is -4.51. The molecule has 26 heavy (non-hydrogen) atoms. The van der Waals surface area contributed by atoms with E-state index < -0.39 is 34.0 Å². The van der Waals surface area contributed by atoms with E-state index in [1.54, 1.807) is 0 Å². The monoisotopic (exact) mass is 367 g/mol. The Labute approximate surface area is 144 Å². The number of hydrazone groups is 1. The first-order valence-electron chi connectivity index (χ1n) is 7.10. The molecule has 0 aliphatic rings. The Hall–Kier alpha value is -3.43. The zero-order valence-electron chi connectivity index (χ0n) is 13.2. The molecule has 0 unspecified atom stereocenters. The molecule has 136 valence electrons. The number of aromatic hydroxyl groups is 1. The van der Waals surface area contributed by atoms with Gasteiger partial charge in [-0.1, -0.05) is 6.07 Å². The third-order valence-electron chi connectivity index (χ3n) is 3.40. The van der Waals surface area contributed by atoms with Gasteiger partial charge in [0.05, 0.1) is 16.2 Å². The molecule has 0 fully saturated rings. The molecule has 2 aromatic rings. The Kier molecular flexibility index (Phi) is 5.24. The van der Waals surface area contributed by atoms with Crippen molar-refractivity contribution in [2.75, 3.05) is 0 Å². The molecule has 0 spiro atoms. The van der Waals surface area contributed by atoms with E-state index in [9.17, 15) is 33.2 Å². The van der Waals surface area contributed by atoms with E-state index in [1.807, 2.05) is 0 Å². The largest absolute Gasteiger partial charge is 0.502 e. The molecule has 2 rings (SSSR count). The Morgan fingerprint density at radius 3 is 2.35 bits per heavy atom. The maximum atomic E-state index is 12.5. The lowest BCUT2D eigenvalue weighted by atomic mass is 10.1. The Bertz CT molecular complexity index is 877. The molecule has 0 heterocycles. The van der Waals surface area contributed by atoms with Crippen molar-refractivity contribution < 1.29 is 28.0 Å². The summed E-state index contributed by atoms with van der Waals surface area (Å²) in [7, 11) is 0. The lowest BCUT2D eigenvalue weighted by Gasteiger charge is -2.07. The SMILES string of the molecule is C/C(=N\NC(=O)c1ccc(C(F)(F)F)cc1)c1cccc([N+](=O)[O-])c1O. The van der Waals surface area contributed by atoms with Crippen LogP contribution in [-0.4, -0.2) is 21.6 Å². The van der Waals surface area contributed by atoms with E-state index in [2.05, 4.69) is 10.5 Å². The lowest BCUT2D eigenvalue weighted by molar-refractivity contribution is -0.385. The molecule has 0 atom stereocenters. The van der Waals surface area contributed by atoms with Crippen molar-refractivity contribution in [3.63, 3.8) is 0 Å². The van der Waals surface area contributed by atoms with Crippen molar-refractivity contribution in [1.82, 2.24) is 5.43 Å². The normalized spacial score (nSPS) is 11.9. The fraction of sp³-hybridized carbons (Fsp3) is 0.125. The summed E-state index contributed by atoms with van der Waals surface area (Å²) in [5.41, 5.74) is 0.755. The number of para-hydroxylation sites is 1. The fourth-order valence-electron chi connectivity index (χ4n) is 2.04. The van der Waals surface area contributed by atoms with Gasteiger partial charge in [-0.25, -0.2) is 5.43 Å². The molecule has 7 nitrogen and oxygen atoms in total. The molecular formula is C16H12F3N3O4. The minimum Gasteiger partial charge on any atom is -0.502 e. The molecule has 2 aromatic carbocycles. The van der Waals surface area contributed by atoms with E-state index in [0.29, 0.717) is 0 Å². The smallest absolute Gasteiger partial charge is 0.416 e. The number of carbonyl (C=O) groups is 1. The van der Waals surface area contributed by atoms with Gasteiger partial charge in [-0.2, -0.15) is 18.3 Å². The van der Waals surface area contributed by atoms with Crippen LogP contribution in [0.2, 0.25) is 0 Å². The highest BCUT2D eigenvalue weighted by molar-refractivity contribution is 6.03. The van der Waals surface area contributed by atoms with Gasteiger partial charge in [-0.15, -0.1) is 0 Å². The van der Waals surface area contributed by atoms with Crippen molar-refractivity contribution >= 4 is 17.3 Å². The number of amides is 1. The van der Waals surface area contributed by atoms with E-state index >= 15 is 0 Å². The quantitative estimate of drug-likeness (QED) is 0.490. The van der Waals surface area contributed by atoms with Gasteiger partial charge in [-0.05, 0) is 37.3 Å². The third kappa shape index (κ3) is 4.15. The molecule has 0 aromatic heterocycles. The molecule has 1 amide bonds. The maximum Gasteiger partial charge on any atom is 0.416 e. The summed E-state index contributed by atoms with van der Waals surface area (Å²) in [4.78, 5) is 22.0. The first-order chi connectivity index (χ1) is 12.1. The van der Waals surface area contributed by atoms with Crippen molar-refractivity contribution in [3.8, 4) is 5.75 Å². The number of hydrogen-bond acceptors (Lipinski definition) is 5. The highest BCUT2D eigenvalue weighted by Gasteiger charge is 2.30. The van der Waals surface area contributed by atoms with Crippen LogP contribution < -0.4 is 5.43 Å². The number of carbonyl (C=O) groups excluding carboxylic acids is 1. The van der Waals surface area contributed by atoms with Gasteiger partial charge in [0.1, 0.15) is 0 Å². The minimum absolute atomic E-state index is 0.0342. The van der Waals surface area contributed by atoms with Crippen molar-refractivity contribution in [1.29, 1.82) is 0 Å². The van der Waals surface area contributed by atoms with Crippen LogP contribution in [0.5, 0.6) is 5.75 Å². The molecule has 10 heteroatoms. The van der Waals surface area contributed by atoms with Crippen LogP contribution in [-0.2, 0) is 6.18 Å². The van der Waals surface area contributed by atoms with E-state index in [-0.39, 0.29) is 16.8 Å². The number of rotatable bonds is 4. The third-order valence-corrected chi connectivity index (χ3v) is 3.40. The van der Waals surface area contributed by atoms with Crippen LogP contribution >= 0.6 is 0 Å². The van der Waals surface area contributed by atoms with Crippen molar-refractivity contribution in [3.05, 3.63) is 69.3 Å². The van der Waals surface area contributed by atoms with Gasteiger partial charge < -0.3 is 5.11 Å². The summed E-state index contributed by atoms with van der Waals surface area (Å²) < 4.78 is 37.5. The summed E-state index contributed by atoms with van der Waals surface area (Å²) in [6.07, 6.45) is -4.51. The Morgan fingerprint density at radius 2 is 1.81 bits per heavy atom. The van der Waals surface area contributed by atoms with E-state index in [0.717, 1.165) is 30.3 Å². The molecule has 0 saturated carbocycles. The summed E-state index contributed by atoms with van der Waals surface area (Å²) in [6, 6.07) is 7.32. The molecule has 0 radical (unpaired) electrons. The topological polar surface area (TPSA) is 105 Å². The second kappa shape index (κ2) is 7.21. The number of phenolic OH excluding ortho intramolecular Hbond substituents is 1. The fourth-order valence-corrected chi connectivity index (χ4v) is 2.04. The predicted molar refractivity (Wildman–Crippen MR) is 85.9 cm³/mol. The van der Waals surface area contributed by atoms with Crippen LogP contribution in [0.15, 0.2) is 47.6 Å².